The van der Waals surface area contributed by atoms with Crippen molar-refractivity contribution in [1.29, 1.82) is 0 Å². The number of allylic oxidation sites excluding steroid dienone is 5. The normalized spacial score (nSPS) is 21.6. The minimum absolute atomic E-state index is 0.346. The van der Waals surface area contributed by atoms with Crippen molar-refractivity contribution in [2.75, 3.05) is 7.11 Å². The summed E-state index contributed by atoms with van der Waals surface area (Å²) in [5, 5.41) is 0. The fraction of sp³-hybridized carbons (Fsp3) is 0.526. The lowest BCUT2D eigenvalue weighted by atomic mass is 10.1. The largest absolute Gasteiger partial charge is 0.426 e. The van der Waals surface area contributed by atoms with Gasteiger partial charge in [-0.15, -0.1) is 0 Å². The van der Waals surface area contributed by atoms with Gasteiger partial charge in [0.15, 0.2) is 0 Å². The summed E-state index contributed by atoms with van der Waals surface area (Å²) in [5.41, 5.74) is 0. The monoisotopic (exact) mass is 304 g/mol. The molecule has 22 heavy (non-hydrogen) atoms. The van der Waals surface area contributed by atoms with Crippen LogP contribution >= 0.6 is 0 Å². The summed E-state index contributed by atoms with van der Waals surface area (Å²) in [7, 11) is 1.55. The molecule has 0 saturated carbocycles. The zero-order chi connectivity index (χ0) is 16.1. The summed E-state index contributed by atoms with van der Waals surface area (Å²) in [6, 6.07) is 0. The van der Waals surface area contributed by atoms with Gasteiger partial charge >= 0.3 is 5.97 Å². The topological polar surface area (TPSA) is 35.5 Å². The lowest BCUT2D eigenvalue weighted by Crippen LogP contribution is -2.29. The lowest BCUT2D eigenvalue weighted by molar-refractivity contribution is -0.186. The standard InChI is InChI=1S/C19H28O3/c1-3-4-5-6-7-8-9-10-11-12-13-14-16-19(21-2)17-15-18(20)22-19/h7-8,10-11,13-15,17H,3-6,9,12,16H2,1-2H3/b8-7-,11-10-,14-13-. The molecule has 0 aromatic heterocycles. The van der Waals surface area contributed by atoms with Crippen LogP contribution in [0.1, 0.15) is 51.9 Å². The molecule has 0 aromatic rings. The molecule has 0 spiro atoms. The van der Waals surface area contributed by atoms with Crippen molar-refractivity contribution in [2.45, 2.75) is 57.7 Å². The molecule has 3 nitrogen and oxygen atoms in total. The molecular weight excluding hydrogens is 276 g/mol. The second kappa shape index (κ2) is 11.0. The summed E-state index contributed by atoms with van der Waals surface area (Å²) in [5.74, 6) is -1.25. The number of hydrogen-bond donors (Lipinski definition) is 0. The quantitative estimate of drug-likeness (QED) is 0.310. The van der Waals surface area contributed by atoms with E-state index in [9.17, 15) is 4.79 Å². The van der Waals surface area contributed by atoms with E-state index in [1.165, 1.54) is 31.8 Å². The number of hydrogen-bond acceptors (Lipinski definition) is 3. The second-order valence-electron chi connectivity index (χ2n) is 5.36. The zero-order valence-corrected chi connectivity index (χ0v) is 13.8. The predicted octanol–water partition coefficient (Wildman–Crippen LogP) is 4.86. The number of rotatable bonds is 11. The SMILES string of the molecule is CCCCC/C=C\C/C=C\C/C=C\CC1(OC)C=CC(=O)O1. The van der Waals surface area contributed by atoms with Crippen molar-refractivity contribution >= 4 is 5.97 Å². The van der Waals surface area contributed by atoms with Crippen molar-refractivity contribution < 1.29 is 14.3 Å². The average molecular weight is 304 g/mol. The number of unbranched alkanes of at least 4 members (excludes halogenated alkanes) is 3. The minimum Gasteiger partial charge on any atom is -0.426 e. The Labute approximate surface area is 134 Å². The molecule has 1 heterocycles. The Morgan fingerprint density at radius 3 is 2.36 bits per heavy atom. The lowest BCUT2D eigenvalue weighted by Gasteiger charge is -2.22. The molecule has 0 fully saturated rings. The third-order valence-corrected chi connectivity index (χ3v) is 3.51. The first-order chi connectivity index (χ1) is 10.7. The Balaban J connectivity index is 2.12. The molecule has 0 aliphatic carbocycles. The number of cyclic esters (lactones) is 1. The molecular formula is C19H28O3. The van der Waals surface area contributed by atoms with Crippen LogP contribution in [0.5, 0.6) is 0 Å². The third kappa shape index (κ3) is 7.41. The van der Waals surface area contributed by atoms with E-state index in [0.29, 0.717) is 6.42 Å². The molecule has 0 aromatic carbocycles. The molecule has 3 heteroatoms. The molecule has 0 bridgehead atoms. The van der Waals surface area contributed by atoms with Gasteiger partial charge in [0.25, 0.3) is 0 Å². The number of esters is 1. The van der Waals surface area contributed by atoms with Gasteiger partial charge in [0.2, 0.25) is 5.79 Å². The van der Waals surface area contributed by atoms with E-state index in [1.807, 2.05) is 6.08 Å². The van der Waals surface area contributed by atoms with Gasteiger partial charge in [-0.2, -0.15) is 0 Å². The summed E-state index contributed by atoms with van der Waals surface area (Å²) in [4.78, 5) is 11.1. The van der Waals surface area contributed by atoms with E-state index < -0.39 is 5.79 Å². The van der Waals surface area contributed by atoms with Gasteiger partial charge in [-0.25, -0.2) is 4.79 Å². The number of methoxy groups -OCH3 is 1. The maximum absolute atomic E-state index is 11.1. The van der Waals surface area contributed by atoms with Gasteiger partial charge in [0.05, 0.1) is 0 Å². The smallest absolute Gasteiger partial charge is 0.333 e. The molecule has 122 valence electrons. The van der Waals surface area contributed by atoms with Crippen LogP contribution in [0.15, 0.2) is 48.6 Å². The molecule has 0 N–H and O–H groups in total. The van der Waals surface area contributed by atoms with Crippen LogP contribution in [0.2, 0.25) is 0 Å². The highest BCUT2D eigenvalue weighted by Crippen LogP contribution is 2.25. The van der Waals surface area contributed by atoms with Crippen molar-refractivity contribution in [3.05, 3.63) is 48.6 Å². The van der Waals surface area contributed by atoms with Gasteiger partial charge in [-0.1, -0.05) is 56.2 Å². The predicted molar refractivity (Wildman–Crippen MR) is 90.4 cm³/mol. The van der Waals surface area contributed by atoms with Crippen LogP contribution in [0.4, 0.5) is 0 Å². The molecule has 0 radical (unpaired) electrons. The van der Waals surface area contributed by atoms with E-state index in [2.05, 4.69) is 37.3 Å². The minimum atomic E-state index is -0.904. The maximum Gasteiger partial charge on any atom is 0.333 e. The van der Waals surface area contributed by atoms with Crippen LogP contribution in [-0.2, 0) is 14.3 Å². The van der Waals surface area contributed by atoms with Gasteiger partial charge in [0.1, 0.15) is 0 Å². The fourth-order valence-electron chi connectivity index (χ4n) is 2.16. The van der Waals surface area contributed by atoms with E-state index in [-0.39, 0.29) is 5.97 Å². The van der Waals surface area contributed by atoms with Crippen molar-refractivity contribution in [3.8, 4) is 0 Å². The van der Waals surface area contributed by atoms with Gasteiger partial charge in [-0.3, -0.25) is 0 Å². The van der Waals surface area contributed by atoms with E-state index in [4.69, 9.17) is 9.47 Å². The fourth-order valence-corrected chi connectivity index (χ4v) is 2.16. The van der Waals surface area contributed by atoms with Gasteiger partial charge in [-0.05, 0) is 31.8 Å². The average Bonchev–Trinajstić information content (AvgIpc) is 2.90. The van der Waals surface area contributed by atoms with Crippen molar-refractivity contribution in [3.63, 3.8) is 0 Å². The van der Waals surface area contributed by atoms with Crippen LogP contribution in [0.25, 0.3) is 0 Å². The Bertz CT molecular complexity index is 432. The maximum atomic E-state index is 11.1. The summed E-state index contributed by atoms with van der Waals surface area (Å²) >= 11 is 0. The third-order valence-electron chi connectivity index (χ3n) is 3.51. The Kier molecular flexibility index (Phi) is 9.24. The van der Waals surface area contributed by atoms with Crippen LogP contribution < -0.4 is 0 Å². The zero-order valence-electron chi connectivity index (χ0n) is 13.8. The molecule has 1 rings (SSSR count). The van der Waals surface area contributed by atoms with Crippen LogP contribution in [0.3, 0.4) is 0 Å². The summed E-state index contributed by atoms with van der Waals surface area (Å²) < 4.78 is 10.4. The van der Waals surface area contributed by atoms with E-state index in [0.717, 1.165) is 12.8 Å². The highest BCUT2D eigenvalue weighted by molar-refractivity contribution is 5.84. The number of ether oxygens (including phenoxy) is 2. The highest BCUT2D eigenvalue weighted by atomic mass is 16.7. The summed E-state index contributed by atoms with van der Waals surface area (Å²) in [6.07, 6.45) is 23.4. The van der Waals surface area contributed by atoms with Crippen molar-refractivity contribution in [1.82, 2.24) is 0 Å². The van der Waals surface area contributed by atoms with E-state index in [1.54, 1.807) is 13.2 Å². The van der Waals surface area contributed by atoms with Gasteiger partial charge < -0.3 is 9.47 Å². The molecule has 1 unspecified atom stereocenters. The number of carbonyl (C=O) groups is 1. The molecule has 0 saturated heterocycles. The van der Waals surface area contributed by atoms with E-state index >= 15 is 0 Å². The molecule has 1 aliphatic heterocycles. The number of carbonyl (C=O) groups excluding carboxylic acids is 1. The molecule has 0 amide bonds. The summed E-state index contributed by atoms with van der Waals surface area (Å²) in [6.45, 7) is 2.22. The first-order valence-electron chi connectivity index (χ1n) is 8.15. The Morgan fingerprint density at radius 2 is 1.77 bits per heavy atom. The molecule has 1 aliphatic rings. The first kappa shape index (κ1) is 18.4. The second-order valence-corrected chi connectivity index (χ2v) is 5.36. The first-order valence-corrected chi connectivity index (χ1v) is 8.15. The van der Waals surface area contributed by atoms with Crippen LogP contribution in [-0.4, -0.2) is 18.9 Å². The Hall–Kier alpha value is -1.61. The van der Waals surface area contributed by atoms with Crippen LogP contribution in [0, 0.1) is 0 Å². The van der Waals surface area contributed by atoms with Crippen molar-refractivity contribution in [2.24, 2.45) is 0 Å². The highest BCUT2D eigenvalue weighted by Gasteiger charge is 2.34. The Morgan fingerprint density at radius 1 is 1.09 bits per heavy atom. The molecule has 1 atom stereocenters. The van der Waals surface area contributed by atoms with Gasteiger partial charge in [0, 0.05) is 19.6 Å².